The van der Waals surface area contributed by atoms with Crippen LogP contribution in [0, 0.1) is 5.82 Å². The molecule has 0 fully saturated rings. The molecule has 0 saturated heterocycles. The van der Waals surface area contributed by atoms with Gasteiger partial charge in [-0.05, 0) is 25.1 Å². The van der Waals surface area contributed by atoms with Gasteiger partial charge in [0.05, 0.1) is 17.8 Å². The molecule has 2 atom stereocenters. The fourth-order valence-corrected chi connectivity index (χ4v) is 3.33. The van der Waals surface area contributed by atoms with Gasteiger partial charge in [-0.15, -0.1) is 0 Å². The molecule has 1 unspecified atom stereocenters. The molecule has 1 aliphatic heterocycles. The molecule has 4 rings (SSSR count). The van der Waals surface area contributed by atoms with Crippen molar-refractivity contribution in [3.05, 3.63) is 59.7 Å². The number of aliphatic hydroxyl groups excluding tert-OH is 1. The van der Waals surface area contributed by atoms with Crippen LogP contribution in [0.4, 0.5) is 10.2 Å². The first-order valence-corrected chi connectivity index (χ1v) is 8.64. The summed E-state index contributed by atoms with van der Waals surface area (Å²) >= 11 is 0. The largest absolute Gasteiger partial charge is 0.508 e. The van der Waals surface area contributed by atoms with E-state index in [0.717, 1.165) is 5.56 Å². The average molecular weight is 369 g/mol. The monoisotopic (exact) mass is 369 g/mol. The van der Waals surface area contributed by atoms with Gasteiger partial charge in [-0.2, -0.15) is 5.10 Å². The van der Waals surface area contributed by atoms with E-state index >= 15 is 0 Å². The lowest BCUT2D eigenvalue weighted by molar-refractivity contribution is 0.239. The second-order valence-electron chi connectivity index (χ2n) is 6.61. The van der Waals surface area contributed by atoms with E-state index in [1.807, 2.05) is 6.92 Å². The van der Waals surface area contributed by atoms with E-state index in [-0.39, 0.29) is 23.7 Å². The third-order valence-corrected chi connectivity index (χ3v) is 4.67. The predicted molar refractivity (Wildman–Crippen MR) is 100 cm³/mol. The number of nitrogens with two attached hydrogens (primary N) is 1. The summed E-state index contributed by atoms with van der Waals surface area (Å²) in [7, 11) is 0. The minimum Gasteiger partial charge on any atom is -0.508 e. The van der Waals surface area contributed by atoms with Crippen LogP contribution < -0.4 is 15.8 Å². The third kappa shape index (κ3) is 3.08. The Morgan fingerprint density at radius 1 is 1.56 bits per heavy atom. The molecule has 140 valence electrons. The molecular weight excluding hydrogens is 349 g/mol. The van der Waals surface area contributed by atoms with Crippen LogP contribution in [0.2, 0.25) is 0 Å². The van der Waals surface area contributed by atoms with Crippen molar-refractivity contribution in [3.63, 3.8) is 0 Å². The van der Waals surface area contributed by atoms with Gasteiger partial charge in [-0.3, -0.25) is 0 Å². The molecule has 2 aromatic heterocycles. The average Bonchev–Trinajstić information content (AvgIpc) is 3.23. The SMILES string of the molecule is C=C(O)c1cnn2ccc(N[C@H](C)c3cc(F)cc4c3OC(CN)C4)nc12. The van der Waals surface area contributed by atoms with Crippen molar-refractivity contribution in [1.82, 2.24) is 14.6 Å². The van der Waals surface area contributed by atoms with Gasteiger partial charge in [0, 0.05) is 30.3 Å². The summed E-state index contributed by atoms with van der Waals surface area (Å²) in [4.78, 5) is 4.48. The Hall–Kier alpha value is -3.13. The highest BCUT2D eigenvalue weighted by atomic mass is 19.1. The number of halogens is 1. The molecule has 4 N–H and O–H groups in total. The van der Waals surface area contributed by atoms with Crippen molar-refractivity contribution in [2.45, 2.75) is 25.5 Å². The van der Waals surface area contributed by atoms with Crippen LogP contribution in [-0.4, -0.2) is 32.4 Å². The highest BCUT2D eigenvalue weighted by Crippen LogP contribution is 2.37. The van der Waals surface area contributed by atoms with Crippen molar-refractivity contribution in [2.24, 2.45) is 5.73 Å². The number of nitrogens with zero attached hydrogens (tertiary/aromatic N) is 3. The van der Waals surface area contributed by atoms with Crippen LogP contribution in [0.5, 0.6) is 5.75 Å². The van der Waals surface area contributed by atoms with E-state index in [4.69, 9.17) is 10.5 Å². The number of hydrogen-bond acceptors (Lipinski definition) is 6. The third-order valence-electron chi connectivity index (χ3n) is 4.67. The summed E-state index contributed by atoms with van der Waals surface area (Å²) in [5.74, 6) is 0.828. The number of benzene rings is 1. The van der Waals surface area contributed by atoms with Crippen molar-refractivity contribution in [3.8, 4) is 5.75 Å². The molecule has 1 aliphatic rings. The molecule has 0 saturated carbocycles. The Kier molecular flexibility index (Phi) is 4.19. The predicted octanol–water partition coefficient (Wildman–Crippen LogP) is 2.83. The Labute approximate surface area is 155 Å². The normalized spacial score (nSPS) is 16.8. The Balaban J connectivity index is 1.65. The number of aromatic nitrogens is 3. The van der Waals surface area contributed by atoms with E-state index in [0.29, 0.717) is 41.3 Å². The molecule has 27 heavy (non-hydrogen) atoms. The highest BCUT2D eigenvalue weighted by Gasteiger charge is 2.27. The van der Waals surface area contributed by atoms with Crippen molar-refractivity contribution >= 4 is 17.2 Å². The van der Waals surface area contributed by atoms with Crippen LogP contribution in [-0.2, 0) is 6.42 Å². The first kappa shape index (κ1) is 17.3. The summed E-state index contributed by atoms with van der Waals surface area (Å²) in [5, 5.41) is 17.0. The molecule has 7 nitrogen and oxygen atoms in total. The van der Waals surface area contributed by atoms with Gasteiger partial charge < -0.3 is 20.9 Å². The van der Waals surface area contributed by atoms with Crippen molar-refractivity contribution in [1.29, 1.82) is 0 Å². The van der Waals surface area contributed by atoms with Crippen LogP contribution >= 0.6 is 0 Å². The minimum absolute atomic E-state index is 0.105. The minimum atomic E-state index is -0.309. The topological polar surface area (TPSA) is 97.7 Å². The molecule has 0 aliphatic carbocycles. The van der Waals surface area contributed by atoms with E-state index in [1.54, 1.807) is 16.8 Å². The van der Waals surface area contributed by atoms with Crippen LogP contribution in [0.25, 0.3) is 11.4 Å². The molecular formula is C19H20FN5O2. The fraction of sp³-hybridized carbons (Fsp3) is 0.263. The van der Waals surface area contributed by atoms with E-state index in [9.17, 15) is 9.50 Å². The number of hydrogen-bond donors (Lipinski definition) is 3. The quantitative estimate of drug-likeness (QED) is 0.598. The van der Waals surface area contributed by atoms with Crippen LogP contribution in [0.3, 0.4) is 0 Å². The Morgan fingerprint density at radius 2 is 2.37 bits per heavy atom. The zero-order chi connectivity index (χ0) is 19.1. The number of aliphatic hydroxyl groups is 1. The lowest BCUT2D eigenvalue weighted by Crippen LogP contribution is -2.24. The first-order chi connectivity index (χ1) is 13.0. The highest BCUT2D eigenvalue weighted by molar-refractivity contribution is 5.70. The zero-order valence-electron chi connectivity index (χ0n) is 14.8. The van der Waals surface area contributed by atoms with Gasteiger partial charge in [0.25, 0.3) is 0 Å². The second-order valence-corrected chi connectivity index (χ2v) is 6.61. The van der Waals surface area contributed by atoms with Gasteiger partial charge in [-0.25, -0.2) is 13.9 Å². The van der Waals surface area contributed by atoms with E-state index < -0.39 is 0 Å². The number of ether oxygens (including phenoxy) is 1. The molecule has 1 aromatic carbocycles. The Morgan fingerprint density at radius 3 is 3.11 bits per heavy atom. The number of anilines is 1. The summed E-state index contributed by atoms with van der Waals surface area (Å²) in [6.45, 7) is 5.81. The maximum atomic E-state index is 14.1. The number of fused-ring (bicyclic) bond motifs is 2. The standard InChI is InChI=1S/C19H20FN5O2/c1-10(15-7-13(20)5-12-6-14(8-21)27-18(12)15)23-17-3-4-25-19(24-17)16(9-22-25)11(2)26/h3-5,7,9-10,14,26H,2,6,8,21H2,1H3,(H,23,24)/t10-,14?/m1/s1. The smallest absolute Gasteiger partial charge is 0.168 e. The summed E-state index contributed by atoms with van der Waals surface area (Å²) in [6.07, 6.45) is 3.69. The van der Waals surface area contributed by atoms with Crippen LogP contribution in [0.15, 0.2) is 37.2 Å². The van der Waals surface area contributed by atoms with E-state index in [2.05, 4.69) is 22.0 Å². The number of nitrogens with one attached hydrogen (secondary N) is 1. The molecule has 0 amide bonds. The molecule has 0 spiro atoms. The maximum absolute atomic E-state index is 14.1. The molecule has 0 bridgehead atoms. The number of rotatable bonds is 5. The van der Waals surface area contributed by atoms with Gasteiger partial charge in [0.1, 0.15) is 29.2 Å². The first-order valence-electron chi connectivity index (χ1n) is 8.64. The lowest BCUT2D eigenvalue weighted by atomic mass is 10.0. The Bertz CT molecular complexity index is 1030. The van der Waals surface area contributed by atoms with Crippen molar-refractivity contribution in [2.75, 3.05) is 11.9 Å². The molecule has 3 heterocycles. The van der Waals surface area contributed by atoms with Gasteiger partial charge in [-0.1, -0.05) is 6.58 Å². The summed E-state index contributed by atoms with van der Waals surface area (Å²) in [6, 6.07) is 4.46. The van der Waals surface area contributed by atoms with Gasteiger partial charge in [0.2, 0.25) is 0 Å². The maximum Gasteiger partial charge on any atom is 0.168 e. The summed E-state index contributed by atoms with van der Waals surface area (Å²) in [5.41, 5.74) is 8.17. The summed E-state index contributed by atoms with van der Waals surface area (Å²) < 4.78 is 21.5. The molecule has 3 aromatic rings. The fourth-order valence-electron chi connectivity index (χ4n) is 3.33. The van der Waals surface area contributed by atoms with Gasteiger partial charge >= 0.3 is 0 Å². The lowest BCUT2D eigenvalue weighted by Gasteiger charge is -2.19. The molecule has 8 heteroatoms. The van der Waals surface area contributed by atoms with Crippen molar-refractivity contribution < 1.29 is 14.2 Å². The zero-order valence-corrected chi connectivity index (χ0v) is 14.8. The van der Waals surface area contributed by atoms with Crippen LogP contribution in [0.1, 0.15) is 29.7 Å². The van der Waals surface area contributed by atoms with E-state index in [1.165, 1.54) is 18.3 Å². The molecule has 0 radical (unpaired) electrons. The second kappa shape index (κ2) is 6.55. The van der Waals surface area contributed by atoms with Gasteiger partial charge in [0.15, 0.2) is 5.65 Å².